The molecule has 5 nitrogen and oxygen atoms in total. The summed E-state index contributed by atoms with van der Waals surface area (Å²) in [5, 5.41) is 0. The fourth-order valence-electron chi connectivity index (χ4n) is 4.94. The van der Waals surface area contributed by atoms with Crippen LogP contribution in [0.1, 0.15) is 66.7 Å². The smallest absolute Gasteiger partial charge is 0.255 e. The minimum atomic E-state index is 0.0558. The molecule has 2 aromatic rings. The van der Waals surface area contributed by atoms with E-state index in [0.717, 1.165) is 30.5 Å². The third-order valence-electron chi connectivity index (χ3n) is 6.25. The van der Waals surface area contributed by atoms with Crippen LogP contribution in [0.4, 0.5) is 0 Å². The van der Waals surface area contributed by atoms with Crippen molar-refractivity contribution in [2.75, 3.05) is 13.1 Å². The topological polar surface area (TPSA) is 55.2 Å². The van der Waals surface area contributed by atoms with Gasteiger partial charge in [0.2, 0.25) is 0 Å². The van der Waals surface area contributed by atoms with Gasteiger partial charge in [0.25, 0.3) is 11.5 Å². The third-order valence-corrected chi connectivity index (χ3v) is 6.25. The number of carbonyl (C=O) groups is 1. The van der Waals surface area contributed by atoms with E-state index in [-0.39, 0.29) is 23.4 Å². The Labute approximate surface area is 166 Å². The van der Waals surface area contributed by atoms with E-state index in [1.54, 1.807) is 18.5 Å². The predicted molar refractivity (Wildman–Crippen MR) is 110 cm³/mol. The molecule has 0 spiro atoms. The fourth-order valence-corrected chi connectivity index (χ4v) is 4.94. The number of carbonyl (C=O) groups excluding carboxylic acids is 1. The number of rotatable bonds is 4. The number of amides is 1. The van der Waals surface area contributed by atoms with Crippen LogP contribution in [-0.4, -0.2) is 33.4 Å². The van der Waals surface area contributed by atoms with Crippen LogP contribution in [0.3, 0.4) is 0 Å². The van der Waals surface area contributed by atoms with E-state index in [1.807, 2.05) is 28.5 Å². The first-order valence-electron chi connectivity index (χ1n) is 10.4. The van der Waals surface area contributed by atoms with Gasteiger partial charge in [-0.05, 0) is 55.7 Å². The molecule has 28 heavy (non-hydrogen) atoms. The fraction of sp³-hybridized carbons (Fsp3) is 0.522. The third kappa shape index (κ3) is 3.50. The number of hydrogen-bond donors (Lipinski definition) is 0. The van der Waals surface area contributed by atoms with E-state index in [4.69, 9.17) is 0 Å². The summed E-state index contributed by atoms with van der Waals surface area (Å²) < 4.78 is 2.04. The van der Waals surface area contributed by atoms with Crippen LogP contribution >= 0.6 is 0 Å². The molecule has 2 aliphatic heterocycles. The van der Waals surface area contributed by atoms with E-state index in [2.05, 4.69) is 24.9 Å². The Balaban J connectivity index is 1.67. The molecule has 0 saturated carbocycles. The molecule has 4 rings (SSSR count). The molecule has 0 radical (unpaired) electrons. The monoisotopic (exact) mass is 379 g/mol. The molecule has 0 aliphatic carbocycles. The number of aryl methyl sites for hydroxylation is 1. The normalized spacial score (nSPS) is 23.6. The van der Waals surface area contributed by atoms with E-state index in [1.165, 1.54) is 0 Å². The molecule has 4 heterocycles. The number of pyridine rings is 2. The van der Waals surface area contributed by atoms with Gasteiger partial charge in [0.1, 0.15) is 0 Å². The number of nitrogens with zero attached hydrogens (tertiary/aromatic N) is 3. The molecule has 3 atom stereocenters. The second-order valence-corrected chi connectivity index (χ2v) is 8.85. The van der Waals surface area contributed by atoms with Crippen molar-refractivity contribution in [3.05, 3.63) is 63.8 Å². The van der Waals surface area contributed by atoms with Gasteiger partial charge in [0, 0.05) is 49.2 Å². The lowest BCUT2D eigenvalue weighted by molar-refractivity contribution is 0.0513. The molecule has 148 valence electrons. The van der Waals surface area contributed by atoms with Gasteiger partial charge in [-0.15, -0.1) is 0 Å². The van der Waals surface area contributed by atoms with Gasteiger partial charge in [-0.2, -0.15) is 0 Å². The summed E-state index contributed by atoms with van der Waals surface area (Å²) in [6.07, 6.45) is 6.56. The molecule has 1 fully saturated rings. The molecule has 2 aliphatic rings. The van der Waals surface area contributed by atoms with Crippen LogP contribution in [0.5, 0.6) is 0 Å². The van der Waals surface area contributed by atoms with Crippen molar-refractivity contribution in [1.29, 1.82) is 0 Å². The van der Waals surface area contributed by atoms with Crippen LogP contribution in [-0.2, 0) is 0 Å². The van der Waals surface area contributed by atoms with E-state index >= 15 is 0 Å². The maximum Gasteiger partial charge on any atom is 0.255 e. The lowest BCUT2D eigenvalue weighted by Crippen LogP contribution is -2.51. The zero-order valence-electron chi connectivity index (χ0n) is 17.0. The molecule has 0 unspecified atom stereocenters. The molecule has 1 saturated heterocycles. The van der Waals surface area contributed by atoms with Gasteiger partial charge in [-0.3, -0.25) is 14.6 Å². The summed E-state index contributed by atoms with van der Waals surface area (Å²) in [4.78, 5) is 32.0. The van der Waals surface area contributed by atoms with E-state index in [9.17, 15) is 9.59 Å². The van der Waals surface area contributed by atoms with Crippen molar-refractivity contribution >= 4 is 5.91 Å². The Hall–Kier alpha value is -2.43. The Bertz CT molecular complexity index is 933. The minimum Gasteiger partial charge on any atom is -0.338 e. The first-order chi connectivity index (χ1) is 13.4. The van der Waals surface area contributed by atoms with Crippen LogP contribution < -0.4 is 5.56 Å². The van der Waals surface area contributed by atoms with Crippen LogP contribution in [0.15, 0.2) is 41.5 Å². The molecule has 2 aromatic heterocycles. The van der Waals surface area contributed by atoms with Gasteiger partial charge in [-0.25, -0.2) is 0 Å². The average Bonchev–Trinajstić information content (AvgIpc) is 2.67. The molecular weight excluding hydrogens is 350 g/mol. The van der Waals surface area contributed by atoms with Crippen molar-refractivity contribution in [2.24, 2.45) is 11.8 Å². The first-order valence-corrected chi connectivity index (χ1v) is 10.4. The standard InChI is InChI=1S/C23H29N3O2/c1-15(2)7-8-21-19-10-18(20-5-4-6-22(27)26(20)21)13-25(14-19)23(28)17-9-16(3)11-24-12-17/h4-6,9,11-12,15,18-19,21H,7-8,10,13-14H2,1-3H3/t18-,19+,21+/m1/s1. The second-order valence-electron chi connectivity index (χ2n) is 8.85. The SMILES string of the molecule is Cc1cncc(C(=O)N2C[C@H]3C[C@@H](C2)[C@H](CCC(C)C)n2c3cccc2=O)c1. The molecule has 1 amide bonds. The second kappa shape index (κ2) is 7.53. The highest BCUT2D eigenvalue weighted by Gasteiger charge is 2.41. The highest BCUT2D eigenvalue weighted by molar-refractivity contribution is 5.94. The Morgan fingerprint density at radius 1 is 1.25 bits per heavy atom. The summed E-state index contributed by atoms with van der Waals surface area (Å²) in [7, 11) is 0. The van der Waals surface area contributed by atoms with Crippen molar-refractivity contribution in [2.45, 2.75) is 52.0 Å². The Morgan fingerprint density at radius 3 is 2.82 bits per heavy atom. The summed E-state index contributed by atoms with van der Waals surface area (Å²) in [5.74, 6) is 1.21. The van der Waals surface area contributed by atoms with Crippen LogP contribution in [0, 0.1) is 18.8 Å². The lowest BCUT2D eigenvalue weighted by atomic mass is 9.76. The molecule has 2 bridgehead atoms. The largest absolute Gasteiger partial charge is 0.338 e. The predicted octanol–water partition coefficient (Wildman–Crippen LogP) is 3.79. The van der Waals surface area contributed by atoms with Gasteiger partial charge >= 0.3 is 0 Å². The van der Waals surface area contributed by atoms with E-state index < -0.39 is 0 Å². The molecule has 0 aromatic carbocycles. The number of aromatic nitrogens is 2. The minimum absolute atomic E-state index is 0.0558. The molecular formula is C23H29N3O2. The number of hydrogen-bond acceptors (Lipinski definition) is 3. The Kier molecular flexibility index (Phi) is 5.09. The maximum atomic E-state index is 13.2. The van der Waals surface area contributed by atoms with Crippen molar-refractivity contribution in [3.8, 4) is 0 Å². The maximum absolute atomic E-state index is 13.2. The zero-order chi connectivity index (χ0) is 19.8. The van der Waals surface area contributed by atoms with E-state index in [0.29, 0.717) is 30.5 Å². The van der Waals surface area contributed by atoms with Gasteiger partial charge in [0.05, 0.1) is 5.56 Å². The van der Waals surface area contributed by atoms with Crippen molar-refractivity contribution in [3.63, 3.8) is 0 Å². The summed E-state index contributed by atoms with van der Waals surface area (Å²) in [5.41, 5.74) is 2.85. The molecule has 0 N–H and O–H groups in total. The van der Waals surface area contributed by atoms with Crippen molar-refractivity contribution < 1.29 is 4.79 Å². The number of piperidine rings is 1. The average molecular weight is 380 g/mol. The van der Waals surface area contributed by atoms with Gasteiger partial charge < -0.3 is 9.47 Å². The lowest BCUT2D eigenvalue weighted by Gasteiger charge is -2.47. The Morgan fingerprint density at radius 2 is 2.07 bits per heavy atom. The summed E-state index contributed by atoms with van der Waals surface area (Å²) in [6, 6.07) is 7.70. The van der Waals surface area contributed by atoms with Gasteiger partial charge in [0.15, 0.2) is 0 Å². The highest BCUT2D eigenvalue weighted by Crippen LogP contribution is 2.43. The molecule has 5 heteroatoms. The number of likely N-dealkylation sites (tertiary alicyclic amines) is 1. The van der Waals surface area contributed by atoms with Gasteiger partial charge in [-0.1, -0.05) is 19.9 Å². The summed E-state index contributed by atoms with van der Waals surface area (Å²) >= 11 is 0. The number of fused-ring (bicyclic) bond motifs is 4. The van der Waals surface area contributed by atoms with Crippen LogP contribution in [0.2, 0.25) is 0 Å². The highest BCUT2D eigenvalue weighted by atomic mass is 16.2. The van der Waals surface area contributed by atoms with Crippen molar-refractivity contribution in [1.82, 2.24) is 14.5 Å². The zero-order valence-corrected chi connectivity index (χ0v) is 17.0. The quantitative estimate of drug-likeness (QED) is 0.812. The summed E-state index contributed by atoms with van der Waals surface area (Å²) in [6.45, 7) is 7.79. The van der Waals surface area contributed by atoms with Crippen LogP contribution in [0.25, 0.3) is 0 Å². The first kappa shape index (κ1) is 18.9.